The molecular weight excluding hydrogens is 310 g/mol. The summed E-state index contributed by atoms with van der Waals surface area (Å²) in [6.07, 6.45) is 21.5. The first-order valence-electron chi connectivity index (χ1n) is 10.2. The maximum atomic E-state index is 8.76. The van der Waals surface area contributed by atoms with E-state index in [0.29, 0.717) is 12.8 Å². The summed E-state index contributed by atoms with van der Waals surface area (Å²) in [5.74, 6) is 0. The van der Waals surface area contributed by atoms with E-state index in [1.54, 1.807) is 0 Å². The van der Waals surface area contributed by atoms with E-state index in [0.717, 1.165) is 51.7 Å². The van der Waals surface area contributed by atoms with Crippen LogP contribution < -0.4 is 0 Å². The van der Waals surface area contributed by atoms with Crippen LogP contribution in [0.4, 0.5) is 0 Å². The van der Waals surface area contributed by atoms with E-state index in [4.69, 9.17) is 14.7 Å². The lowest BCUT2D eigenvalue weighted by Crippen LogP contribution is -2.18. The minimum absolute atomic E-state index is 0.210. The summed E-state index contributed by atoms with van der Waals surface area (Å²) in [6.45, 7) is 5.78. The van der Waals surface area contributed by atoms with Gasteiger partial charge in [0.15, 0.2) is 6.29 Å². The highest BCUT2D eigenvalue weighted by Crippen LogP contribution is 2.09. The number of hydrogen-bond donors (Lipinski definition) is 0. The Hall–Kier alpha value is -1.11. The smallest absolute Gasteiger partial charge is 0.158 e. The lowest BCUT2D eigenvalue weighted by molar-refractivity contribution is -0.146. The number of ether oxygens (including phenoxy) is 2. The van der Waals surface area contributed by atoms with Gasteiger partial charge in [-0.2, -0.15) is 5.26 Å². The molecule has 0 saturated carbocycles. The van der Waals surface area contributed by atoms with Gasteiger partial charge in [0.25, 0.3) is 0 Å². The van der Waals surface area contributed by atoms with E-state index in [2.05, 4.69) is 44.2 Å². The maximum absolute atomic E-state index is 8.76. The van der Waals surface area contributed by atoms with E-state index in [-0.39, 0.29) is 6.29 Å². The molecule has 0 bridgehead atoms. The van der Waals surface area contributed by atoms with Crippen LogP contribution in [0.3, 0.4) is 0 Å². The molecule has 0 aromatic heterocycles. The fraction of sp³-hybridized carbons (Fsp3) is 0.773. The summed E-state index contributed by atoms with van der Waals surface area (Å²) in [4.78, 5) is 0. The summed E-state index contributed by atoms with van der Waals surface area (Å²) in [5.41, 5.74) is 0. The Balaban J connectivity index is 3.65. The average molecular weight is 350 g/mol. The van der Waals surface area contributed by atoms with Crippen LogP contribution in [-0.2, 0) is 9.47 Å². The third-order valence-corrected chi connectivity index (χ3v) is 3.93. The molecule has 0 spiro atoms. The molecule has 0 radical (unpaired) electrons. The highest BCUT2D eigenvalue weighted by Gasteiger charge is 2.08. The fourth-order valence-corrected chi connectivity index (χ4v) is 2.48. The highest BCUT2D eigenvalue weighted by molar-refractivity contribution is 4.80. The molecule has 1 unspecified atom stereocenters. The Morgan fingerprint density at radius 3 is 1.84 bits per heavy atom. The van der Waals surface area contributed by atoms with Gasteiger partial charge in [-0.15, -0.1) is 0 Å². The van der Waals surface area contributed by atoms with Crippen molar-refractivity contribution in [2.24, 2.45) is 0 Å². The third kappa shape index (κ3) is 19.1. The zero-order valence-corrected chi connectivity index (χ0v) is 16.5. The average Bonchev–Trinajstić information content (AvgIpc) is 2.63. The summed E-state index contributed by atoms with van der Waals surface area (Å²) in [6, 6.07) is 2.18. The first-order chi connectivity index (χ1) is 12.3. The van der Waals surface area contributed by atoms with Gasteiger partial charge in [-0.1, -0.05) is 51.0 Å². The molecule has 0 aliphatic heterocycles. The van der Waals surface area contributed by atoms with E-state index in [1.165, 1.54) is 25.7 Å². The summed E-state index contributed by atoms with van der Waals surface area (Å²) >= 11 is 0. The van der Waals surface area contributed by atoms with Crippen LogP contribution in [0.2, 0.25) is 0 Å². The van der Waals surface area contributed by atoms with Gasteiger partial charge >= 0.3 is 0 Å². The lowest BCUT2D eigenvalue weighted by atomic mass is 10.1. The van der Waals surface area contributed by atoms with Crippen LogP contribution in [0.25, 0.3) is 0 Å². The predicted molar refractivity (Wildman–Crippen MR) is 106 cm³/mol. The second-order valence-electron chi connectivity index (χ2n) is 6.33. The van der Waals surface area contributed by atoms with Crippen molar-refractivity contribution < 1.29 is 9.47 Å². The Bertz CT molecular complexity index is 358. The predicted octanol–water partition coefficient (Wildman–Crippen LogP) is 6.70. The number of nitriles is 1. The molecule has 0 aliphatic rings. The van der Waals surface area contributed by atoms with E-state index in [1.807, 2.05) is 0 Å². The SMILES string of the molecule is CC/C=C\CCCCCCOC(CCC#N)OCCCC/C=C\CC. The third-order valence-electron chi connectivity index (χ3n) is 3.93. The summed E-state index contributed by atoms with van der Waals surface area (Å²) < 4.78 is 11.6. The second-order valence-corrected chi connectivity index (χ2v) is 6.33. The van der Waals surface area contributed by atoms with Crippen LogP contribution in [-0.4, -0.2) is 19.5 Å². The number of rotatable bonds is 18. The number of nitrogens with zero attached hydrogens (tertiary/aromatic N) is 1. The van der Waals surface area contributed by atoms with Gasteiger partial charge in [-0.25, -0.2) is 0 Å². The van der Waals surface area contributed by atoms with E-state index >= 15 is 0 Å². The molecule has 0 rings (SSSR count). The molecule has 0 aliphatic carbocycles. The molecule has 3 nitrogen and oxygen atoms in total. The summed E-state index contributed by atoms with van der Waals surface area (Å²) in [7, 11) is 0. The first-order valence-corrected chi connectivity index (χ1v) is 10.2. The lowest BCUT2D eigenvalue weighted by Gasteiger charge is -2.17. The molecule has 0 heterocycles. The van der Waals surface area contributed by atoms with Gasteiger partial charge < -0.3 is 9.47 Å². The van der Waals surface area contributed by atoms with Gasteiger partial charge in [0.05, 0.1) is 6.07 Å². The zero-order valence-electron chi connectivity index (χ0n) is 16.5. The van der Waals surface area contributed by atoms with Crippen molar-refractivity contribution in [3.8, 4) is 6.07 Å². The van der Waals surface area contributed by atoms with Crippen molar-refractivity contribution in [2.75, 3.05) is 13.2 Å². The van der Waals surface area contributed by atoms with Crippen LogP contribution in [0, 0.1) is 11.3 Å². The van der Waals surface area contributed by atoms with Crippen molar-refractivity contribution >= 4 is 0 Å². The molecule has 1 atom stereocenters. The van der Waals surface area contributed by atoms with Gasteiger partial charge in [0.1, 0.15) is 0 Å². The molecule has 144 valence electrons. The molecule has 3 heteroatoms. The number of allylic oxidation sites excluding steroid dienone is 4. The van der Waals surface area contributed by atoms with Crippen LogP contribution in [0.1, 0.15) is 90.9 Å². The second kappa shape index (κ2) is 20.9. The summed E-state index contributed by atoms with van der Waals surface area (Å²) in [5, 5.41) is 8.76. The molecule has 0 N–H and O–H groups in total. The topological polar surface area (TPSA) is 42.2 Å². The van der Waals surface area contributed by atoms with Crippen LogP contribution in [0.15, 0.2) is 24.3 Å². The van der Waals surface area contributed by atoms with E-state index in [9.17, 15) is 0 Å². The molecule has 0 fully saturated rings. The quantitative estimate of drug-likeness (QED) is 0.157. The van der Waals surface area contributed by atoms with Crippen molar-refractivity contribution in [2.45, 2.75) is 97.2 Å². The fourth-order valence-electron chi connectivity index (χ4n) is 2.48. The Labute approximate surface area is 156 Å². The molecule has 25 heavy (non-hydrogen) atoms. The monoisotopic (exact) mass is 349 g/mol. The Morgan fingerprint density at radius 1 is 0.760 bits per heavy atom. The highest BCUT2D eigenvalue weighted by atomic mass is 16.7. The van der Waals surface area contributed by atoms with E-state index < -0.39 is 0 Å². The number of hydrogen-bond acceptors (Lipinski definition) is 3. The minimum atomic E-state index is -0.210. The maximum Gasteiger partial charge on any atom is 0.158 e. The largest absolute Gasteiger partial charge is 0.353 e. The molecule has 0 amide bonds. The van der Waals surface area contributed by atoms with Crippen LogP contribution >= 0.6 is 0 Å². The standard InChI is InChI=1S/C22H39NO2/c1-3-5-7-9-11-12-14-16-21-25-22(18-17-19-23)24-20-15-13-10-8-6-4-2/h5-8,22H,3-4,9-18,20-21H2,1-2H3/b7-5-,8-6-. The molecular formula is C22H39NO2. The van der Waals surface area contributed by atoms with Crippen molar-refractivity contribution in [3.05, 3.63) is 24.3 Å². The zero-order chi connectivity index (χ0) is 18.4. The van der Waals surface area contributed by atoms with Crippen molar-refractivity contribution in [1.82, 2.24) is 0 Å². The van der Waals surface area contributed by atoms with Gasteiger partial charge in [0.2, 0.25) is 0 Å². The van der Waals surface area contributed by atoms with Crippen molar-refractivity contribution in [3.63, 3.8) is 0 Å². The normalized spacial score (nSPS) is 12.8. The molecule has 0 aromatic rings. The minimum Gasteiger partial charge on any atom is -0.353 e. The van der Waals surface area contributed by atoms with Crippen molar-refractivity contribution in [1.29, 1.82) is 5.26 Å². The first kappa shape index (κ1) is 23.9. The van der Waals surface area contributed by atoms with Gasteiger partial charge in [0, 0.05) is 26.1 Å². The van der Waals surface area contributed by atoms with Gasteiger partial charge in [-0.05, 0) is 51.4 Å². The molecule has 0 aromatic carbocycles. The Kier molecular flexibility index (Phi) is 20.0. The molecule has 0 saturated heterocycles. The number of unbranched alkanes of at least 4 members (excludes halogenated alkanes) is 6. The van der Waals surface area contributed by atoms with Gasteiger partial charge in [-0.3, -0.25) is 0 Å². The van der Waals surface area contributed by atoms with Crippen LogP contribution in [0.5, 0.6) is 0 Å². The Morgan fingerprint density at radius 2 is 1.28 bits per heavy atom.